The summed E-state index contributed by atoms with van der Waals surface area (Å²) in [5.41, 5.74) is 5.44. The van der Waals surface area contributed by atoms with Crippen LogP contribution in [-0.2, 0) is 6.42 Å². The maximum absolute atomic E-state index is 10.5. The van der Waals surface area contributed by atoms with E-state index in [1.807, 2.05) is 19.2 Å². The molecule has 0 spiro atoms. The number of hydrogen-bond donors (Lipinski definition) is 1. The van der Waals surface area contributed by atoms with E-state index in [-0.39, 0.29) is 0 Å². The molecule has 0 aliphatic carbocycles. The largest absolute Gasteiger partial charge is 0.507 e. The average Bonchev–Trinajstić information content (AvgIpc) is 3.11. The van der Waals surface area contributed by atoms with E-state index in [0.29, 0.717) is 5.75 Å². The van der Waals surface area contributed by atoms with Crippen molar-refractivity contribution >= 4 is 22.3 Å². The summed E-state index contributed by atoms with van der Waals surface area (Å²) in [4.78, 5) is 1.02. The third-order valence-electron chi connectivity index (χ3n) is 4.71. The highest BCUT2D eigenvalue weighted by molar-refractivity contribution is 7.10. The Kier molecular flexibility index (Phi) is 4.02. The highest BCUT2D eigenvalue weighted by Crippen LogP contribution is 2.41. The highest BCUT2D eigenvalue weighted by atomic mass is 32.1. The maximum Gasteiger partial charge on any atom is 0.124 e. The summed E-state index contributed by atoms with van der Waals surface area (Å²) < 4.78 is 4.40. The number of aryl methyl sites for hydroxylation is 2. The van der Waals surface area contributed by atoms with Crippen LogP contribution >= 0.6 is 11.5 Å². The molecule has 0 fully saturated rings. The van der Waals surface area contributed by atoms with Crippen molar-refractivity contribution in [2.24, 2.45) is 0 Å². The van der Waals surface area contributed by atoms with Crippen LogP contribution in [0.5, 0.6) is 5.75 Å². The van der Waals surface area contributed by atoms with Gasteiger partial charge in [0, 0.05) is 17.3 Å². The Morgan fingerprint density at radius 3 is 2.56 bits per heavy atom. The molecule has 1 N–H and O–H groups in total. The van der Waals surface area contributed by atoms with Gasteiger partial charge in [-0.05, 0) is 70.5 Å². The number of hydrogen-bond acceptors (Lipinski definition) is 3. The first kappa shape index (κ1) is 15.9. The Morgan fingerprint density at radius 2 is 1.76 bits per heavy atom. The van der Waals surface area contributed by atoms with E-state index in [2.05, 4.69) is 59.8 Å². The minimum absolute atomic E-state index is 0.320. The Morgan fingerprint density at radius 1 is 0.960 bits per heavy atom. The van der Waals surface area contributed by atoms with Crippen molar-refractivity contribution in [2.75, 3.05) is 0 Å². The lowest BCUT2D eigenvalue weighted by molar-refractivity contribution is 0.477. The number of aromatic nitrogens is 1. The van der Waals surface area contributed by atoms with E-state index >= 15 is 0 Å². The molecule has 0 saturated heterocycles. The van der Waals surface area contributed by atoms with Gasteiger partial charge in [-0.1, -0.05) is 43.3 Å². The second kappa shape index (κ2) is 6.34. The minimum atomic E-state index is 0.320. The predicted molar refractivity (Wildman–Crippen MR) is 106 cm³/mol. The number of rotatable bonds is 3. The third kappa shape index (κ3) is 2.81. The van der Waals surface area contributed by atoms with Gasteiger partial charge in [-0.3, -0.25) is 0 Å². The number of phenolic OH excluding ortho intramolecular Hbond substituents is 1. The van der Waals surface area contributed by atoms with E-state index in [4.69, 9.17) is 0 Å². The summed E-state index contributed by atoms with van der Waals surface area (Å²) in [7, 11) is 0. The molecule has 0 aliphatic heterocycles. The molecule has 0 aliphatic rings. The topological polar surface area (TPSA) is 33.1 Å². The average molecular weight is 345 g/mol. The van der Waals surface area contributed by atoms with Crippen LogP contribution in [0, 0.1) is 6.92 Å². The molecule has 124 valence electrons. The fourth-order valence-electron chi connectivity index (χ4n) is 3.30. The Bertz CT molecular complexity index is 1060. The van der Waals surface area contributed by atoms with Crippen LogP contribution in [0.4, 0.5) is 0 Å². The molecule has 3 aromatic carbocycles. The number of aromatic hydroxyl groups is 1. The summed E-state index contributed by atoms with van der Waals surface area (Å²) in [5, 5.41) is 12.9. The highest BCUT2D eigenvalue weighted by Gasteiger charge is 2.16. The number of phenols is 1. The molecular formula is C22H19NOS. The van der Waals surface area contributed by atoms with Gasteiger partial charge in [-0.2, -0.15) is 4.37 Å². The fourth-order valence-corrected chi connectivity index (χ4v) is 4.09. The second-order valence-corrected chi connectivity index (χ2v) is 7.08. The summed E-state index contributed by atoms with van der Waals surface area (Å²) >= 11 is 1.43. The van der Waals surface area contributed by atoms with Gasteiger partial charge in [0.1, 0.15) is 5.75 Å². The third-order valence-corrected chi connectivity index (χ3v) is 5.54. The first-order valence-electron chi connectivity index (χ1n) is 8.44. The van der Waals surface area contributed by atoms with Crippen LogP contribution in [0.3, 0.4) is 0 Å². The van der Waals surface area contributed by atoms with Gasteiger partial charge in [0.2, 0.25) is 0 Å². The second-order valence-electron chi connectivity index (χ2n) is 6.28. The van der Waals surface area contributed by atoms with Crippen molar-refractivity contribution in [2.45, 2.75) is 20.3 Å². The summed E-state index contributed by atoms with van der Waals surface area (Å²) in [6.45, 7) is 4.18. The van der Waals surface area contributed by atoms with Crippen molar-refractivity contribution in [3.63, 3.8) is 0 Å². The molecular weight excluding hydrogens is 326 g/mol. The lowest BCUT2D eigenvalue weighted by atomic mass is 9.96. The molecule has 4 rings (SSSR count). The fraction of sp³-hybridized carbons (Fsp3) is 0.136. The summed E-state index contributed by atoms with van der Waals surface area (Å²) in [5.74, 6) is 0.320. The van der Waals surface area contributed by atoms with Crippen molar-refractivity contribution in [3.05, 3.63) is 71.9 Å². The van der Waals surface area contributed by atoms with Gasteiger partial charge in [0.15, 0.2) is 0 Å². The first-order chi connectivity index (χ1) is 12.2. The van der Waals surface area contributed by atoms with Crippen molar-refractivity contribution < 1.29 is 5.11 Å². The van der Waals surface area contributed by atoms with E-state index < -0.39 is 0 Å². The molecule has 4 aromatic rings. The van der Waals surface area contributed by atoms with Crippen LogP contribution in [0.15, 0.2) is 60.8 Å². The molecule has 3 heteroatoms. The standard InChI is InChI=1S/C22H19NOS/c1-3-15-12-19(21(24)10-14(15)2)22-20(13-23-25-22)18-9-8-16-6-4-5-7-17(16)11-18/h4-13,24H,3H2,1-2H3. The van der Waals surface area contributed by atoms with Crippen LogP contribution in [0.25, 0.3) is 32.3 Å². The molecule has 0 atom stereocenters. The van der Waals surface area contributed by atoms with E-state index in [1.54, 1.807) is 0 Å². The molecule has 1 aromatic heterocycles. The quantitative estimate of drug-likeness (QED) is 0.479. The Labute approximate surface area is 151 Å². The molecule has 0 radical (unpaired) electrons. The number of benzene rings is 3. The monoisotopic (exact) mass is 345 g/mol. The van der Waals surface area contributed by atoms with Gasteiger partial charge in [0.25, 0.3) is 0 Å². The molecule has 0 amide bonds. The molecule has 25 heavy (non-hydrogen) atoms. The van der Waals surface area contributed by atoms with Gasteiger partial charge < -0.3 is 5.11 Å². The van der Waals surface area contributed by atoms with Gasteiger partial charge in [-0.25, -0.2) is 0 Å². The van der Waals surface area contributed by atoms with Gasteiger partial charge in [0.05, 0.1) is 4.88 Å². The van der Waals surface area contributed by atoms with Crippen molar-refractivity contribution in [1.29, 1.82) is 0 Å². The molecule has 2 nitrogen and oxygen atoms in total. The van der Waals surface area contributed by atoms with E-state index in [9.17, 15) is 5.11 Å². The SMILES string of the molecule is CCc1cc(-c2sncc2-c2ccc3ccccc3c2)c(O)cc1C. The minimum Gasteiger partial charge on any atom is -0.507 e. The van der Waals surface area contributed by atoms with Crippen LogP contribution in [0.2, 0.25) is 0 Å². The van der Waals surface area contributed by atoms with Crippen LogP contribution in [-0.4, -0.2) is 9.48 Å². The lowest BCUT2D eigenvalue weighted by Gasteiger charge is -2.11. The van der Waals surface area contributed by atoms with Crippen molar-refractivity contribution in [3.8, 4) is 27.3 Å². The predicted octanol–water partition coefficient (Wildman–Crippen LogP) is 6.21. The molecule has 0 unspecified atom stereocenters. The first-order valence-corrected chi connectivity index (χ1v) is 9.21. The normalized spacial score (nSPS) is 11.1. The number of fused-ring (bicyclic) bond motifs is 1. The zero-order chi connectivity index (χ0) is 17.4. The van der Waals surface area contributed by atoms with Crippen molar-refractivity contribution in [1.82, 2.24) is 4.37 Å². The zero-order valence-electron chi connectivity index (χ0n) is 14.3. The summed E-state index contributed by atoms with van der Waals surface area (Å²) in [6.07, 6.45) is 2.85. The van der Waals surface area contributed by atoms with Crippen LogP contribution in [0.1, 0.15) is 18.1 Å². The summed E-state index contributed by atoms with van der Waals surface area (Å²) in [6, 6.07) is 18.8. The Balaban J connectivity index is 1.88. The maximum atomic E-state index is 10.5. The van der Waals surface area contributed by atoms with E-state index in [1.165, 1.54) is 27.9 Å². The van der Waals surface area contributed by atoms with Gasteiger partial charge >= 0.3 is 0 Å². The smallest absolute Gasteiger partial charge is 0.124 e. The molecule has 1 heterocycles. The van der Waals surface area contributed by atoms with E-state index in [0.717, 1.165) is 33.6 Å². The molecule has 0 bridgehead atoms. The Hall–Kier alpha value is -2.65. The molecule has 0 saturated carbocycles. The lowest BCUT2D eigenvalue weighted by Crippen LogP contribution is -1.89. The number of nitrogens with zero attached hydrogens (tertiary/aromatic N) is 1. The zero-order valence-corrected chi connectivity index (χ0v) is 15.1. The van der Waals surface area contributed by atoms with Gasteiger partial charge in [-0.15, -0.1) is 0 Å². The van der Waals surface area contributed by atoms with Crippen LogP contribution < -0.4 is 0 Å².